The third kappa shape index (κ3) is 4.07. The fourth-order valence-electron chi connectivity index (χ4n) is 3.38. The molecule has 1 aliphatic heterocycles. The van der Waals surface area contributed by atoms with Crippen molar-refractivity contribution in [3.05, 3.63) is 23.2 Å². The summed E-state index contributed by atoms with van der Waals surface area (Å²) in [4.78, 5) is 37.9. The van der Waals surface area contributed by atoms with Gasteiger partial charge >= 0.3 is 6.03 Å². The number of thioether (sulfide) groups is 1. The number of nitrogens with one attached hydrogen (secondary N) is 2. The molecule has 3 rings (SSSR count). The molecule has 1 saturated carbocycles. The van der Waals surface area contributed by atoms with E-state index in [2.05, 4.69) is 10.6 Å². The van der Waals surface area contributed by atoms with E-state index in [-0.39, 0.29) is 29.0 Å². The lowest BCUT2D eigenvalue weighted by atomic mass is 9.89. The van der Waals surface area contributed by atoms with Gasteiger partial charge in [0.25, 0.3) is 5.24 Å². The van der Waals surface area contributed by atoms with E-state index in [0.29, 0.717) is 29.3 Å². The number of hydrogen-bond donors (Lipinski definition) is 2. The van der Waals surface area contributed by atoms with Crippen LogP contribution < -0.4 is 15.4 Å². The summed E-state index contributed by atoms with van der Waals surface area (Å²) < 4.78 is 5.22. The van der Waals surface area contributed by atoms with E-state index in [1.807, 2.05) is 0 Å². The van der Waals surface area contributed by atoms with E-state index in [9.17, 15) is 14.4 Å². The maximum Gasteiger partial charge on any atom is 0.319 e. The van der Waals surface area contributed by atoms with Crippen molar-refractivity contribution in [3.63, 3.8) is 0 Å². The number of ether oxygens (including phenoxy) is 1. The molecule has 0 unspecified atom stereocenters. The number of amides is 4. The normalized spacial score (nSPS) is 23.1. The lowest BCUT2D eigenvalue weighted by molar-refractivity contribution is -0.127. The third-order valence-corrected chi connectivity index (χ3v) is 5.64. The van der Waals surface area contributed by atoms with Crippen LogP contribution in [-0.4, -0.2) is 47.0 Å². The molecule has 9 heteroatoms. The number of carbonyl (C=O) groups excluding carboxylic acids is 3. The van der Waals surface area contributed by atoms with Crippen molar-refractivity contribution in [1.82, 2.24) is 10.2 Å². The first-order chi connectivity index (χ1) is 12.5. The molecule has 1 aromatic carbocycles. The molecule has 4 amide bonds. The maximum atomic E-state index is 12.5. The fraction of sp³-hybridized carbons (Fsp3) is 0.471. The number of halogens is 1. The zero-order valence-electron chi connectivity index (χ0n) is 14.3. The molecule has 1 saturated heterocycles. The first-order valence-corrected chi connectivity index (χ1v) is 9.76. The number of anilines is 1. The van der Waals surface area contributed by atoms with Gasteiger partial charge in [-0.3, -0.25) is 14.5 Å². The Morgan fingerprint density at radius 2 is 2.08 bits per heavy atom. The lowest BCUT2D eigenvalue weighted by Crippen LogP contribution is -2.55. The molecule has 1 aliphatic carbocycles. The van der Waals surface area contributed by atoms with Crippen LogP contribution in [0.5, 0.6) is 5.75 Å². The van der Waals surface area contributed by atoms with E-state index in [1.165, 1.54) is 12.0 Å². The van der Waals surface area contributed by atoms with Gasteiger partial charge in [-0.1, -0.05) is 36.2 Å². The minimum Gasteiger partial charge on any atom is -0.495 e. The Balaban J connectivity index is 1.70. The lowest BCUT2D eigenvalue weighted by Gasteiger charge is -2.36. The van der Waals surface area contributed by atoms with Crippen molar-refractivity contribution < 1.29 is 19.1 Å². The SMILES string of the molecule is COc1ccc(Cl)cc1NC(=O)N[C@H]1CCCC[C@@H]1N1C(=O)CSC1=O. The Morgan fingerprint density at radius 1 is 1.31 bits per heavy atom. The number of nitrogens with zero attached hydrogens (tertiary/aromatic N) is 1. The average Bonchev–Trinajstić information content (AvgIpc) is 2.94. The minimum absolute atomic E-state index is 0.175. The Labute approximate surface area is 160 Å². The summed E-state index contributed by atoms with van der Waals surface area (Å²) in [5.41, 5.74) is 0.453. The van der Waals surface area contributed by atoms with E-state index in [1.54, 1.807) is 18.2 Å². The number of imide groups is 1. The van der Waals surface area contributed by atoms with E-state index in [4.69, 9.17) is 16.3 Å². The molecule has 2 fully saturated rings. The van der Waals surface area contributed by atoms with Gasteiger partial charge in [0.15, 0.2) is 0 Å². The summed E-state index contributed by atoms with van der Waals surface area (Å²) in [5.74, 6) is 0.482. The number of methoxy groups -OCH3 is 1. The Hall–Kier alpha value is -1.93. The largest absolute Gasteiger partial charge is 0.495 e. The highest BCUT2D eigenvalue weighted by molar-refractivity contribution is 8.14. The predicted molar refractivity (Wildman–Crippen MR) is 101 cm³/mol. The van der Waals surface area contributed by atoms with Crippen molar-refractivity contribution in [2.45, 2.75) is 37.8 Å². The predicted octanol–water partition coefficient (Wildman–Crippen LogP) is 3.48. The second-order valence-corrected chi connectivity index (χ2v) is 7.58. The number of carbonyl (C=O) groups is 3. The Morgan fingerprint density at radius 3 is 2.77 bits per heavy atom. The molecule has 0 bridgehead atoms. The third-order valence-electron chi connectivity index (χ3n) is 4.57. The maximum absolute atomic E-state index is 12.5. The van der Waals surface area contributed by atoms with Gasteiger partial charge in [-0.2, -0.15) is 0 Å². The first-order valence-electron chi connectivity index (χ1n) is 8.39. The standard InChI is InChI=1S/C17H20ClN3O4S/c1-25-14-7-6-10(18)8-12(14)20-16(23)19-11-4-2-3-5-13(11)21-15(22)9-26-17(21)24/h6-8,11,13H,2-5,9H2,1H3,(H2,19,20,23)/t11-,13-/m0/s1. The Bertz CT molecular complexity index is 714. The molecule has 0 aromatic heterocycles. The van der Waals surface area contributed by atoms with E-state index >= 15 is 0 Å². The molecule has 0 radical (unpaired) electrons. The average molecular weight is 398 g/mol. The highest BCUT2D eigenvalue weighted by Gasteiger charge is 2.41. The van der Waals surface area contributed by atoms with Gasteiger partial charge < -0.3 is 15.4 Å². The second kappa shape index (κ2) is 8.18. The molecule has 1 heterocycles. The van der Waals surface area contributed by atoms with Gasteiger partial charge in [0.2, 0.25) is 5.91 Å². The van der Waals surface area contributed by atoms with Crippen molar-refractivity contribution in [3.8, 4) is 5.75 Å². The van der Waals surface area contributed by atoms with Crippen LogP contribution in [0, 0.1) is 0 Å². The summed E-state index contributed by atoms with van der Waals surface area (Å²) in [5, 5.41) is 5.88. The van der Waals surface area contributed by atoms with Gasteiger partial charge in [0.1, 0.15) is 5.75 Å². The molecule has 2 atom stereocenters. The minimum atomic E-state index is -0.422. The monoisotopic (exact) mass is 397 g/mol. The quantitative estimate of drug-likeness (QED) is 0.812. The summed E-state index contributed by atoms with van der Waals surface area (Å²) in [6.07, 6.45) is 3.27. The zero-order valence-corrected chi connectivity index (χ0v) is 15.9. The molecule has 2 aliphatic rings. The molecule has 2 N–H and O–H groups in total. The summed E-state index contributed by atoms with van der Waals surface area (Å²) in [6, 6.07) is 3.94. The molecule has 7 nitrogen and oxygen atoms in total. The van der Waals surface area contributed by atoms with Gasteiger partial charge in [-0.25, -0.2) is 4.79 Å². The van der Waals surface area contributed by atoms with E-state index in [0.717, 1.165) is 24.6 Å². The topological polar surface area (TPSA) is 87.7 Å². The molecule has 140 valence electrons. The van der Waals surface area contributed by atoms with Crippen LogP contribution in [0.1, 0.15) is 25.7 Å². The van der Waals surface area contributed by atoms with Gasteiger partial charge in [0, 0.05) is 5.02 Å². The van der Waals surface area contributed by atoms with Crippen LogP contribution in [0.25, 0.3) is 0 Å². The Kier molecular flexibility index (Phi) is 5.93. The van der Waals surface area contributed by atoms with Crippen LogP contribution in [0.4, 0.5) is 15.3 Å². The molecular weight excluding hydrogens is 378 g/mol. The van der Waals surface area contributed by atoms with Crippen LogP contribution in [0.2, 0.25) is 5.02 Å². The number of rotatable bonds is 4. The van der Waals surface area contributed by atoms with Gasteiger partial charge in [-0.05, 0) is 31.0 Å². The number of hydrogen-bond acceptors (Lipinski definition) is 5. The zero-order chi connectivity index (χ0) is 18.7. The highest BCUT2D eigenvalue weighted by Crippen LogP contribution is 2.31. The van der Waals surface area contributed by atoms with Crippen molar-refractivity contribution >= 4 is 46.2 Å². The fourth-order valence-corrected chi connectivity index (χ4v) is 4.31. The number of urea groups is 1. The van der Waals surface area contributed by atoms with Gasteiger partial charge in [0.05, 0.1) is 30.6 Å². The number of benzene rings is 1. The van der Waals surface area contributed by atoms with Crippen LogP contribution in [0.15, 0.2) is 18.2 Å². The van der Waals surface area contributed by atoms with Gasteiger partial charge in [-0.15, -0.1) is 0 Å². The van der Waals surface area contributed by atoms with Crippen LogP contribution in [0.3, 0.4) is 0 Å². The summed E-state index contributed by atoms with van der Waals surface area (Å²) >= 11 is 6.99. The van der Waals surface area contributed by atoms with Crippen molar-refractivity contribution in [1.29, 1.82) is 0 Å². The highest BCUT2D eigenvalue weighted by atomic mass is 35.5. The molecule has 1 aromatic rings. The van der Waals surface area contributed by atoms with E-state index < -0.39 is 6.03 Å². The molecule has 26 heavy (non-hydrogen) atoms. The van der Waals surface area contributed by atoms with Crippen molar-refractivity contribution in [2.24, 2.45) is 0 Å². The molecule has 0 spiro atoms. The second-order valence-electron chi connectivity index (χ2n) is 6.22. The van der Waals surface area contributed by atoms with Crippen LogP contribution >= 0.6 is 23.4 Å². The van der Waals surface area contributed by atoms with Crippen LogP contribution in [-0.2, 0) is 4.79 Å². The first kappa shape index (κ1) is 18.8. The molecular formula is C17H20ClN3O4S. The summed E-state index contributed by atoms with van der Waals surface area (Å²) in [6.45, 7) is 0. The smallest absolute Gasteiger partial charge is 0.319 e. The van der Waals surface area contributed by atoms with Crippen molar-refractivity contribution in [2.75, 3.05) is 18.2 Å². The summed E-state index contributed by atoms with van der Waals surface area (Å²) in [7, 11) is 1.51.